The van der Waals surface area contributed by atoms with Crippen LogP contribution in [0.1, 0.15) is 27.8 Å². The maximum absolute atomic E-state index is 12.6. The molecule has 28 heavy (non-hydrogen) atoms. The van der Waals surface area contributed by atoms with E-state index in [0.29, 0.717) is 22.8 Å². The van der Waals surface area contributed by atoms with Crippen molar-refractivity contribution in [2.45, 2.75) is 6.92 Å². The van der Waals surface area contributed by atoms with Crippen molar-refractivity contribution in [1.29, 1.82) is 0 Å². The van der Waals surface area contributed by atoms with Gasteiger partial charge in [0.15, 0.2) is 5.69 Å². The molecule has 142 valence electrons. The van der Waals surface area contributed by atoms with Crippen LogP contribution in [0.3, 0.4) is 0 Å². The van der Waals surface area contributed by atoms with Gasteiger partial charge in [0.1, 0.15) is 5.82 Å². The number of carbonyl (C=O) groups excluding carboxylic acids is 3. The largest absolute Gasteiger partial charge is 0.465 e. The first-order chi connectivity index (χ1) is 13.5. The van der Waals surface area contributed by atoms with Gasteiger partial charge >= 0.3 is 5.97 Å². The second kappa shape index (κ2) is 8.17. The van der Waals surface area contributed by atoms with Crippen LogP contribution in [-0.4, -0.2) is 34.7 Å². The number of amides is 2. The highest BCUT2D eigenvalue weighted by Gasteiger charge is 2.17. The van der Waals surface area contributed by atoms with Gasteiger partial charge in [0, 0.05) is 18.7 Å². The molecule has 0 aliphatic rings. The Bertz CT molecular complexity index is 1030. The molecular weight excluding hydrogens is 360 g/mol. The van der Waals surface area contributed by atoms with Gasteiger partial charge in [-0.05, 0) is 30.3 Å². The first-order valence-corrected chi connectivity index (χ1v) is 8.40. The van der Waals surface area contributed by atoms with E-state index < -0.39 is 11.9 Å². The number of benzene rings is 2. The van der Waals surface area contributed by atoms with Gasteiger partial charge in [-0.25, -0.2) is 9.48 Å². The highest BCUT2D eigenvalue weighted by atomic mass is 16.5. The number of methoxy groups -OCH3 is 1. The lowest BCUT2D eigenvalue weighted by atomic mass is 10.2. The molecule has 0 saturated heterocycles. The molecule has 0 fully saturated rings. The minimum atomic E-state index is -0.502. The Balaban J connectivity index is 1.89. The molecule has 3 rings (SSSR count). The highest BCUT2D eigenvalue weighted by Crippen LogP contribution is 2.19. The standard InChI is InChI=1S/C20H18N4O4/c1-13(25)21-18-12-17(23-24(18)16-9-4-3-5-10-16)19(26)22-15-8-6-7-14(11-15)20(27)28-2/h3-12H,1-2H3,(H,21,25)(H,22,26). The van der Waals surface area contributed by atoms with Gasteiger partial charge in [0.2, 0.25) is 5.91 Å². The number of ether oxygens (including phenoxy) is 1. The van der Waals surface area contributed by atoms with Gasteiger partial charge in [-0.3, -0.25) is 9.59 Å². The first-order valence-electron chi connectivity index (χ1n) is 8.40. The fraction of sp³-hybridized carbons (Fsp3) is 0.100. The van der Waals surface area contributed by atoms with E-state index >= 15 is 0 Å². The molecular formula is C20H18N4O4. The molecule has 0 saturated carbocycles. The zero-order valence-electron chi connectivity index (χ0n) is 15.3. The maximum Gasteiger partial charge on any atom is 0.337 e. The second-order valence-corrected chi connectivity index (χ2v) is 5.87. The third kappa shape index (κ3) is 4.24. The van der Waals surface area contributed by atoms with E-state index in [0.717, 1.165) is 0 Å². The van der Waals surface area contributed by atoms with E-state index in [1.165, 1.54) is 30.8 Å². The van der Waals surface area contributed by atoms with Gasteiger partial charge in [-0.15, -0.1) is 0 Å². The Morgan fingerprint density at radius 1 is 0.964 bits per heavy atom. The summed E-state index contributed by atoms with van der Waals surface area (Å²) in [5.41, 5.74) is 1.53. The van der Waals surface area contributed by atoms with Crippen LogP contribution < -0.4 is 10.6 Å². The summed E-state index contributed by atoms with van der Waals surface area (Å²) in [5, 5.41) is 9.65. The molecule has 1 aromatic heterocycles. The molecule has 0 atom stereocenters. The van der Waals surface area contributed by atoms with Crippen LogP contribution in [0.4, 0.5) is 11.5 Å². The second-order valence-electron chi connectivity index (χ2n) is 5.87. The number of anilines is 2. The summed E-state index contributed by atoms with van der Waals surface area (Å²) >= 11 is 0. The number of para-hydroxylation sites is 1. The molecule has 8 heteroatoms. The number of aromatic nitrogens is 2. The predicted molar refractivity (Wildman–Crippen MR) is 104 cm³/mol. The Labute approximate surface area is 161 Å². The molecule has 3 aromatic rings. The van der Waals surface area contributed by atoms with Crippen LogP contribution in [0.2, 0.25) is 0 Å². The van der Waals surface area contributed by atoms with Gasteiger partial charge in [0.25, 0.3) is 5.91 Å². The molecule has 2 N–H and O–H groups in total. The van der Waals surface area contributed by atoms with Crippen molar-refractivity contribution in [2.75, 3.05) is 17.7 Å². The Morgan fingerprint density at radius 3 is 2.39 bits per heavy atom. The van der Waals surface area contributed by atoms with Crippen LogP contribution in [-0.2, 0) is 9.53 Å². The van der Waals surface area contributed by atoms with Crippen LogP contribution >= 0.6 is 0 Å². The van der Waals surface area contributed by atoms with Crippen LogP contribution in [0.5, 0.6) is 0 Å². The first kappa shape index (κ1) is 18.8. The zero-order chi connectivity index (χ0) is 20.1. The predicted octanol–water partition coefficient (Wildman–Crippen LogP) is 2.87. The lowest BCUT2D eigenvalue weighted by Crippen LogP contribution is -2.14. The molecule has 0 spiro atoms. The van der Waals surface area contributed by atoms with E-state index in [-0.39, 0.29) is 11.6 Å². The zero-order valence-corrected chi connectivity index (χ0v) is 15.3. The molecule has 0 aliphatic heterocycles. The third-order valence-electron chi connectivity index (χ3n) is 3.79. The average Bonchev–Trinajstić information content (AvgIpc) is 3.11. The third-order valence-corrected chi connectivity index (χ3v) is 3.79. The lowest BCUT2D eigenvalue weighted by Gasteiger charge is -2.06. The van der Waals surface area contributed by atoms with Crippen molar-refractivity contribution >= 4 is 29.3 Å². The van der Waals surface area contributed by atoms with E-state index in [9.17, 15) is 14.4 Å². The smallest absolute Gasteiger partial charge is 0.337 e. The maximum atomic E-state index is 12.6. The van der Waals surface area contributed by atoms with Crippen LogP contribution in [0.25, 0.3) is 5.69 Å². The summed E-state index contributed by atoms with van der Waals surface area (Å²) in [5.74, 6) is -0.900. The summed E-state index contributed by atoms with van der Waals surface area (Å²) < 4.78 is 6.15. The summed E-state index contributed by atoms with van der Waals surface area (Å²) in [6, 6.07) is 17.0. The number of nitrogens with zero attached hydrogens (tertiary/aromatic N) is 2. The van der Waals surface area contributed by atoms with E-state index in [1.807, 2.05) is 18.2 Å². The number of nitrogens with one attached hydrogen (secondary N) is 2. The summed E-state index contributed by atoms with van der Waals surface area (Å²) in [6.45, 7) is 1.38. The minimum Gasteiger partial charge on any atom is -0.465 e. The number of esters is 1. The monoisotopic (exact) mass is 378 g/mol. The summed E-state index contributed by atoms with van der Waals surface area (Å²) in [7, 11) is 1.29. The molecule has 8 nitrogen and oxygen atoms in total. The fourth-order valence-corrected chi connectivity index (χ4v) is 2.56. The molecule has 0 radical (unpaired) electrons. The fourth-order valence-electron chi connectivity index (χ4n) is 2.56. The lowest BCUT2D eigenvalue weighted by molar-refractivity contribution is -0.114. The SMILES string of the molecule is COC(=O)c1cccc(NC(=O)c2cc(NC(C)=O)n(-c3ccccc3)n2)c1. The highest BCUT2D eigenvalue weighted by molar-refractivity contribution is 6.04. The molecule has 0 unspecified atom stereocenters. The van der Waals surface area contributed by atoms with E-state index in [1.54, 1.807) is 30.3 Å². The molecule has 1 heterocycles. The van der Waals surface area contributed by atoms with E-state index in [4.69, 9.17) is 0 Å². The van der Waals surface area contributed by atoms with Crippen molar-refractivity contribution in [3.05, 3.63) is 71.9 Å². The molecule has 2 aromatic carbocycles. The van der Waals surface area contributed by atoms with Gasteiger partial charge < -0.3 is 15.4 Å². The molecule has 0 bridgehead atoms. The Hall–Kier alpha value is -3.94. The van der Waals surface area contributed by atoms with Gasteiger partial charge in [-0.2, -0.15) is 5.10 Å². The van der Waals surface area contributed by atoms with Gasteiger partial charge in [0.05, 0.1) is 18.4 Å². The van der Waals surface area contributed by atoms with Crippen molar-refractivity contribution in [2.24, 2.45) is 0 Å². The van der Waals surface area contributed by atoms with Crippen molar-refractivity contribution in [3.63, 3.8) is 0 Å². The number of rotatable bonds is 5. The minimum absolute atomic E-state index is 0.107. The van der Waals surface area contributed by atoms with E-state index in [2.05, 4.69) is 20.5 Å². The molecule has 0 aliphatic carbocycles. The number of hydrogen-bond acceptors (Lipinski definition) is 5. The van der Waals surface area contributed by atoms with Gasteiger partial charge in [-0.1, -0.05) is 24.3 Å². The summed E-state index contributed by atoms with van der Waals surface area (Å²) in [6.07, 6.45) is 0. The quantitative estimate of drug-likeness (QED) is 0.665. The Morgan fingerprint density at radius 2 is 1.71 bits per heavy atom. The molecule has 2 amide bonds. The number of carbonyl (C=O) groups is 3. The summed E-state index contributed by atoms with van der Waals surface area (Å²) in [4.78, 5) is 35.8. The normalized spacial score (nSPS) is 10.2. The van der Waals surface area contributed by atoms with Crippen molar-refractivity contribution in [1.82, 2.24) is 9.78 Å². The number of hydrogen-bond donors (Lipinski definition) is 2. The average molecular weight is 378 g/mol. The topological polar surface area (TPSA) is 102 Å². The Kier molecular flexibility index (Phi) is 5.50. The van der Waals surface area contributed by atoms with Crippen LogP contribution in [0, 0.1) is 0 Å². The van der Waals surface area contributed by atoms with Crippen molar-refractivity contribution in [3.8, 4) is 5.69 Å². The van der Waals surface area contributed by atoms with Crippen molar-refractivity contribution < 1.29 is 19.1 Å². The van der Waals surface area contributed by atoms with Crippen LogP contribution in [0.15, 0.2) is 60.7 Å².